The van der Waals surface area contributed by atoms with Gasteiger partial charge < -0.3 is 15.6 Å². The Labute approximate surface area is 131 Å². The third kappa shape index (κ3) is 3.79. The first-order valence-electron chi connectivity index (χ1n) is 7.18. The van der Waals surface area contributed by atoms with Crippen LogP contribution in [-0.4, -0.2) is 33.9 Å². The Morgan fingerprint density at radius 2 is 2.43 bits per heavy atom. The third-order valence-corrected chi connectivity index (χ3v) is 4.18. The van der Waals surface area contributed by atoms with Crippen molar-refractivity contribution in [2.45, 2.75) is 25.8 Å². The van der Waals surface area contributed by atoms with Crippen LogP contribution in [0.2, 0.25) is 0 Å². The van der Waals surface area contributed by atoms with Crippen LogP contribution in [0, 0.1) is 5.92 Å². The van der Waals surface area contributed by atoms with Gasteiger partial charge in [0.2, 0.25) is 5.91 Å². The number of hydrogen-bond acceptors (Lipinski definition) is 4. The van der Waals surface area contributed by atoms with Crippen LogP contribution in [0.4, 0.5) is 0 Å². The molecule has 1 amide bonds. The fourth-order valence-corrected chi connectivity index (χ4v) is 2.91. The highest BCUT2D eigenvalue weighted by atomic mass is 79.9. The molecule has 1 aliphatic heterocycles. The van der Waals surface area contributed by atoms with E-state index in [1.54, 1.807) is 6.20 Å². The first-order valence-corrected chi connectivity index (χ1v) is 7.97. The Morgan fingerprint density at radius 1 is 1.52 bits per heavy atom. The number of nitrogens with zero attached hydrogens (tertiary/aromatic N) is 2. The van der Waals surface area contributed by atoms with E-state index in [4.69, 9.17) is 0 Å². The highest BCUT2D eigenvalue weighted by molar-refractivity contribution is 9.10. The van der Waals surface area contributed by atoms with Crippen molar-refractivity contribution in [3.63, 3.8) is 0 Å². The van der Waals surface area contributed by atoms with Crippen molar-refractivity contribution in [3.05, 3.63) is 22.6 Å². The second kappa shape index (κ2) is 6.53. The summed E-state index contributed by atoms with van der Waals surface area (Å²) in [6.45, 7) is 2.53. The molecular formula is C14H18BrN5O. The number of carbonyl (C=O) groups excluding carboxylic acids is 1. The van der Waals surface area contributed by atoms with E-state index in [1.165, 1.54) is 6.42 Å². The summed E-state index contributed by atoms with van der Waals surface area (Å²) in [5.41, 5.74) is 1.53. The molecule has 6 nitrogen and oxygen atoms in total. The molecule has 0 saturated carbocycles. The summed E-state index contributed by atoms with van der Waals surface area (Å²) in [5, 5.41) is 6.22. The van der Waals surface area contributed by atoms with Crippen LogP contribution in [0.5, 0.6) is 0 Å². The molecule has 1 atom stereocenters. The predicted octanol–water partition coefficient (Wildman–Crippen LogP) is 1.73. The van der Waals surface area contributed by atoms with E-state index in [2.05, 4.69) is 41.5 Å². The highest BCUT2D eigenvalue weighted by Gasteiger charge is 2.15. The number of rotatable bonds is 5. The molecule has 7 heteroatoms. The van der Waals surface area contributed by atoms with Crippen molar-refractivity contribution < 1.29 is 4.79 Å². The molecule has 0 aliphatic carbocycles. The monoisotopic (exact) mass is 351 g/mol. The van der Waals surface area contributed by atoms with E-state index in [9.17, 15) is 4.79 Å². The van der Waals surface area contributed by atoms with Gasteiger partial charge in [0.1, 0.15) is 5.82 Å². The zero-order chi connectivity index (χ0) is 14.7. The van der Waals surface area contributed by atoms with E-state index >= 15 is 0 Å². The molecule has 0 aromatic carbocycles. The van der Waals surface area contributed by atoms with Gasteiger partial charge in [-0.05, 0) is 53.8 Å². The van der Waals surface area contributed by atoms with Gasteiger partial charge in [-0.1, -0.05) is 0 Å². The Morgan fingerprint density at radius 3 is 3.24 bits per heavy atom. The number of imidazole rings is 1. The summed E-state index contributed by atoms with van der Waals surface area (Å²) in [6, 6.07) is 1.92. The molecule has 0 radical (unpaired) electrons. The molecule has 21 heavy (non-hydrogen) atoms. The number of H-pyrrole nitrogens is 1. The highest BCUT2D eigenvalue weighted by Crippen LogP contribution is 2.15. The number of fused-ring (bicyclic) bond motifs is 1. The van der Waals surface area contributed by atoms with E-state index in [0.29, 0.717) is 24.5 Å². The molecule has 0 bridgehead atoms. The van der Waals surface area contributed by atoms with Gasteiger partial charge >= 0.3 is 0 Å². The zero-order valence-corrected chi connectivity index (χ0v) is 13.2. The van der Waals surface area contributed by atoms with E-state index in [-0.39, 0.29) is 5.91 Å². The molecule has 3 N–H and O–H groups in total. The van der Waals surface area contributed by atoms with Gasteiger partial charge in [-0.25, -0.2) is 9.97 Å². The number of halogens is 1. The maximum Gasteiger partial charge on any atom is 0.220 e. The molecule has 1 saturated heterocycles. The Bertz CT molecular complexity index is 635. The molecule has 1 aliphatic rings. The summed E-state index contributed by atoms with van der Waals surface area (Å²) in [5.74, 6) is 1.45. The summed E-state index contributed by atoms with van der Waals surface area (Å²) in [7, 11) is 0. The SMILES string of the molecule is O=C(CCC1CCNC1)NCc1nc2ncc(Br)cc2[nH]1. The van der Waals surface area contributed by atoms with Gasteiger partial charge in [-0.15, -0.1) is 0 Å². The zero-order valence-electron chi connectivity index (χ0n) is 11.7. The number of nitrogens with one attached hydrogen (secondary N) is 3. The fourth-order valence-electron chi connectivity index (χ4n) is 2.57. The average molecular weight is 352 g/mol. The van der Waals surface area contributed by atoms with Crippen LogP contribution in [0.3, 0.4) is 0 Å². The molecule has 3 heterocycles. The Hall–Kier alpha value is -1.47. The topological polar surface area (TPSA) is 82.7 Å². The number of aromatic amines is 1. The second-order valence-electron chi connectivity index (χ2n) is 5.38. The van der Waals surface area contributed by atoms with Gasteiger partial charge in [-0.2, -0.15) is 0 Å². The van der Waals surface area contributed by atoms with Gasteiger partial charge in [-0.3, -0.25) is 4.79 Å². The normalized spacial score (nSPS) is 18.2. The lowest BCUT2D eigenvalue weighted by molar-refractivity contribution is -0.121. The standard InChI is InChI=1S/C14H18BrN5O/c15-10-5-11-14(18-7-10)20-12(19-11)8-17-13(21)2-1-9-3-4-16-6-9/h5,7,9,16H,1-4,6,8H2,(H,17,21)(H,18,19,20). The van der Waals surface area contributed by atoms with Gasteiger partial charge in [0.15, 0.2) is 5.65 Å². The number of carbonyl (C=O) groups is 1. The van der Waals surface area contributed by atoms with Gasteiger partial charge in [0.05, 0.1) is 12.1 Å². The van der Waals surface area contributed by atoms with Gasteiger partial charge in [0.25, 0.3) is 0 Å². The number of aromatic nitrogens is 3. The van der Waals surface area contributed by atoms with Crippen molar-refractivity contribution >= 4 is 33.0 Å². The molecule has 1 unspecified atom stereocenters. The molecular weight excluding hydrogens is 334 g/mol. The van der Waals surface area contributed by atoms with Crippen LogP contribution < -0.4 is 10.6 Å². The number of pyridine rings is 1. The van der Waals surface area contributed by atoms with Crippen LogP contribution >= 0.6 is 15.9 Å². The summed E-state index contributed by atoms with van der Waals surface area (Å²) in [6.07, 6.45) is 4.42. The molecule has 112 valence electrons. The van der Waals surface area contributed by atoms with E-state index in [0.717, 1.165) is 35.3 Å². The first kappa shape index (κ1) is 14.5. The van der Waals surface area contributed by atoms with Crippen LogP contribution in [-0.2, 0) is 11.3 Å². The predicted molar refractivity (Wildman–Crippen MR) is 83.6 cm³/mol. The smallest absolute Gasteiger partial charge is 0.220 e. The number of amides is 1. The minimum Gasteiger partial charge on any atom is -0.349 e. The summed E-state index contributed by atoms with van der Waals surface area (Å²) in [4.78, 5) is 23.6. The quantitative estimate of drug-likeness (QED) is 0.765. The molecule has 2 aromatic heterocycles. The minimum absolute atomic E-state index is 0.0801. The van der Waals surface area contributed by atoms with Crippen LogP contribution in [0.15, 0.2) is 16.7 Å². The third-order valence-electron chi connectivity index (χ3n) is 3.75. The Balaban J connectivity index is 1.49. The number of hydrogen-bond donors (Lipinski definition) is 3. The van der Waals surface area contributed by atoms with Crippen LogP contribution in [0.1, 0.15) is 25.1 Å². The lowest BCUT2D eigenvalue weighted by Gasteiger charge is -2.07. The average Bonchev–Trinajstić information content (AvgIpc) is 3.11. The molecule has 2 aromatic rings. The van der Waals surface area contributed by atoms with E-state index in [1.807, 2.05) is 6.07 Å². The van der Waals surface area contributed by atoms with Crippen molar-refractivity contribution in [2.75, 3.05) is 13.1 Å². The fraction of sp³-hybridized carbons (Fsp3) is 0.500. The molecule has 3 rings (SSSR count). The van der Waals surface area contributed by atoms with Crippen molar-refractivity contribution in [1.82, 2.24) is 25.6 Å². The maximum atomic E-state index is 11.8. The maximum absolute atomic E-state index is 11.8. The van der Waals surface area contributed by atoms with E-state index < -0.39 is 0 Å². The second-order valence-corrected chi connectivity index (χ2v) is 6.30. The van der Waals surface area contributed by atoms with Gasteiger partial charge in [0, 0.05) is 17.1 Å². The largest absolute Gasteiger partial charge is 0.349 e. The Kier molecular flexibility index (Phi) is 4.50. The molecule has 0 spiro atoms. The first-order chi connectivity index (χ1) is 10.2. The summed E-state index contributed by atoms with van der Waals surface area (Å²) >= 11 is 3.37. The van der Waals surface area contributed by atoms with Crippen molar-refractivity contribution in [2.24, 2.45) is 5.92 Å². The van der Waals surface area contributed by atoms with Crippen LogP contribution in [0.25, 0.3) is 11.2 Å². The minimum atomic E-state index is 0.0801. The molecule has 1 fully saturated rings. The summed E-state index contributed by atoms with van der Waals surface area (Å²) < 4.78 is 0.902. The lowest BCUT2D eigenvalue weighted by atomic mass is 10.0. The lowest BCUT2D eigenvalue weighted by Crippen LogP contribution is -2.24. The van der Waals surface area contributed by atoms with Crippen molar-refractivity contribution in [1.29, 1.82) is 0 Å². The van der Waals surface area contributed by atoms with Crippen molar-refractivity contribution in [3.8, 4) is 0 Å².